The molecule has 2 unspecified atom stereocenters. The van der Waals surface area contributed by atoms with Crippen molar-refractivity contribution in [3.63, 3.8) is 0 Å². The van der Waals surface area contributed by atoms with Crippen molar-refractivity contribution in [1.29, 1.82) is 0 Å². The SMILES string of the molecule is CC(C)(C)C1C=CC(=O)CC1C(C)(C)C. The van der Waals surface area contributed by atoms with Gasteiger partial charge in [-0.15, -0.1) is 0 Å². The molecule has 0 N–H and O–H groups in total. The Morgan fingerprint density at radius 1 is 1.07 bits per heavy atom. The summed E-state index contributed by atoms with van der Waals surface area (Å²) in [5, 5.41) is 0. The minimum Gasteiger partial charge on any atom is -0.295 e. The van der Waals surface area contributed by atoms with Gasteiger partial charge in [0.2, 0.25) is 0 Å². The summed E-state index contributed by atoms with van der Waals surface area (Å²) in [6.45, 7) is 13.5. The summed E-state index contributed by atoms with van der Waals surface area (Å²) in [6.07, 6.45) is 4.61. The maximum absolute atomic E-state index is 11.5. The van der Waals surface area contributed by atoms with E-state index in [9.17, 15) is 4.79 Å². The number of allylic oxidation sites excluding steroid dienone is 2. The first-order valence-electron chi connectivity index (χ1n) is 5.83. The first-order valence-corrected chi connectivity index (χ1v) is 5.83. The van der Waals surface area contributed by atoms with Gasteiger partial charge in [0, 0.05) is 6.42 Å². The molecule has 1 heteroatoms. The van der Waals surface area contributed by atoms with Crippen LogP contribution in [-0.4, -0.2) is 5.78 Å². The van der Waals surface area contributed by atoms with Gasteiger partial charge in [-0.2, -0.15) is 0 Å². The molecule has 1 rings (SSSR count). The summed E-state index contributed by atoms with van der Waals surface area (Å²) in [5.74, 6) is 1.26. The second-order valence-electron chi connectivity index (χ2n) is 6.89. The van der Waals surface area contributed by atoms with Crippen LogP contribution >= 0.6 is 0 Å². The zero-order valence-corrected chi connectivity index (χ0v) is 10.9. The maximum Gasteiger partial charge on any atom is 0.155 e. The first-order chi connectivity index (χ1) is 6.62. The molecule has 0 saturated carbocycles. The highest BCUT2D eigenvalue weighted by Gasteiger charge is 2.39. The third-order valence-electron chi connectivity index (χ3n) is 3.46. The monoisotopic (exact) mass is 208 g/mol. The minimum atomic E-state index is 0.207. The van der Waals surface area contributed by atoms with Gasteiger partial charge in [0.15, 0.2) is 5.78 Å². The average molecular weight is 208 g/mol. The van der Waals surface area contributed by atoms with Gasteiger partial charge in [-0.05, 0) is 28.7 Å². The van der Waals surface area contributed by atoms with Crippen molar-refractivity contribution >= 4 is 5.78 Å². The Kier molecular flexibility index (Phi) is 3.14. The predicted molar refractivity (Wildman–Crippen MR) is 64.7 cm³/mol. The lowest BCUT2D eigenvalue weighted by Gasteiger charge is -2.43. The highest BCUT2D eigenvalue weighted by molar-refractivity contribution is 5.90. The number of hydrogen-bond acceptors (Lipinski definition) is 1. The van der Waals surface area contributed by atoms with Crippen molar-refractivity contribution in [2.75, 3.05) is 0 Å². The normalized spacial score (nSPS) is 28.3. The van der Waals surface area contributed by atoms with E-state index in [0.29, 0.717) is 18.3 Å². The molecule has 0 heterocycles. The number of carbonyl (C=O) groups is 1. The topological polar surface area (TPSA) is 17.1 Å². The molecule has 1 aliphatic rings. The fourth-order valence-electron chi connectivity index (χ4n) is 2.49. The minimum absolute atomic E-state index is 0.207. The summed E-state index contributed by atoms with van der Waals surface area (Å²) in [5.41, 5.74) is 0.452. The molecule has 2 atom stereocenters. The molecule has 0 aromatic carbocycles. The van der Waals surface area contributed by atoms with E-state index in [1.165, 1.54) is 0 Å². The van der Waals surface area contributed by atoms with Crippen LogP contribution in [0.1, 0.15) is 48.0 Å². The number of hydrogen-bond donors (Lipinski definition) is 0. The van der Waals surface area contributed by atoms with Crippen LogP contribution in [0.3, 0.4) is 0 Å². The summed E-state index contributed by atoms with van der Waals surface area (Å²) < 4.78 is 0. The quantitative estimate of drug-likeness (QED) is 0.591. The first kappa shape index (κ1) is 12.5. The number of ketones is 1. The molecule has 0 bridgehead atoms. The molecule has 0 aromatic rings. The summed E-state index contributed by atoms with van der Waals surface area (Å²) in [6, 6.07) is 0. The second kappa shape index (κ2) is 3.77. The lowest BCUT2D eigenvalue weighted by atomic mass is 9.61. The van der Waals surface area contributed by atoms with Gasteiger partial charge in [0.25, 0.3) is 0 Å². The van der Waals surface area contributed by atoms with Crippen molar-refractivity contribution < 1.29 is 4.79 Å². The van der Waals surface area contributed by atoms with Crippen molar-refractivity contribution in [1.82, 2.24) is 0 Å². The van der Waals surface area contributed by atoms with E-state index in [-0.39, 0.29) is 16.6 Å². The molecule has 0 spiro atoms. The smallest absolute Gasteiger partial charge is 0.155 e. The lowest BCUT2D eigenvalue weighted by molar-refractivity contribution is -0.118. The number of rotatable bonds is 0. The molecule has 86 valence electrons. The van der Waals surface area contributed by atoms with Crippen LogP contribution in [0.25, 0.3) is 0 Å². The molecule has 0 radical (unpaired) electrons. The van der Waals surface area contributed by atoms with Crippen molar-refractivity contribution in [3.05, 3.63) is 12.2 Å². The third-order valence-corrected chi connectivity index (χ3v) is 3.46. The van der Waals surface area contributed by atoms with Crippen LogP contribution in [0, 0.1) is 22.7 Å². The molecule has 15 heavy (non-hydrogen) atoms. The lowest BCUT2D eigenvalue weighted by Crippen LogP contribution is -2.38. The predicted octanol–water partition coefficient (Wildman–Crippen LogP) is 3.84. The Hall–Kier alpha value is -0.590. The molecule has 0 fully saturated rings. The fourth-order valence-corrected chi connectivity index (χ4v) is 2.49. The Bertz CT molecular complexity index is 273. The zero-order chi connectivity index (χ0) is 11.9. The Morgan fingerprint density at radius 2 is 1.60 bits per heavy atom. The van der Waals surface area contributed by atoms with Crippen molar-refractivity contribution in [2.24, 2.45) is 22.7 Å². The van der Waals surface area contributed by atoms with Crippen LogP contribution in [-0.2, 0) is 4.79 Å². The van der Waals surface area contributed by atoms with E-state index < -0.39 is 0 Å². The van der Waals surface area contributed by atoms with Crippen LogP contribution < -0.4 is 0 Å². The second-order valence-corrected chi connectivity index (χ2v) is 6.89. The van der Waals surface area contributed by atoms with Crippen molar-refractivity contribution in [2.45, 2.75) is 48.0 Å². The summed E-state index contributed by atoms with van der Waals surface area (Å²) in [4.78, 5) is 11.5. The summed E-state index contributed by atoms with van der Waals surface area (Å²) in [7, 11) is 0. The average Bonchev–Trinajstić information content (AvgIpc) is 2.00. The standard InChI is InChI=1S/C14H24O/c1-13(2,3)11-8-7-10(15)9-12(11)14(4,5)6/h7-8,11-12H,9H2,1-6H3. The van der Waals surface area contributed by atoms with Gasteiger partial charge in [-0.25, -0.2) is 0 Å². The molecule has 0 aliphatic heterocycles. The van der Waals surface area contributed by atoms with E-state index in [1.54, 1.807) is 6.08 Å². The van der Waals surface area contributed by atoms with E-state index >= 15 is 0 Å². The van der Waals surface area contributed by atoms with Crippen molar-refractivity contribution in [3.8, 4) is 0 Å². The summed E-state index contributed by atoms with van der Waals surface area (Å²) >= 11 is 0. The number of carbonyl (C=O) groups excluding carboxylic acids is 1. The van der Waals surface area contributed by atoms with Crippen LogP contribution in [0.5, 0.6) is 0 Å². The Morgan fingerprint density at radius 3 is 2.00 bits per heavy atom. The van der Waals surface area contributed by atoms with Gasteiger partial charge in [-0.1, -0.05) is 47.6 Å². The molecule has 0 saturated heterocycles. The van der Waals surface area contributed by atoms with E-state index in [0.717, 1.165) is 0 Å². The van der Waals surface area contributed by atoms with E-state index in [1.807, 2.05) is 0 Å². The Labute approximate surface area is 93.9 Å². The van der Waals surface area contributed by atoms with Crippen LogP contribution in [0.15, 0.2) is 12.2 Å². The van der Waals surface area contributed by atoms with Crippen LogP contribution in [0.4, 0.5) is 0 Å². The third kappa shape index (κ3) is 2.93. The van der Waals surface area contributed by atoms with Gasteiger partial charge in [0.1, 0.15) is 0 Å². The van der Waals surface area contributed by atoms with Gasteiger partial charge in [-0.3, -0.25) is 4.79 Å². The molecule has 0 amide bonds. The Balaban J connectivity index is 3.02. The van der Waals surface area contributed by atoms with Gasteiger partial charge in [0.05, 0.1) is 0 Å². The van der Waals surface area contributed by atoms with E-state index in [4.69, 9.17) is 0 Å². The largest absolute Gasteiger partial charge is 0.295 e. The molecular formula is C14H24O. The van der Waals surface area contributed by atoms with Gasteiger partial charge >= 0.3 is 0 Å². The highest BCUT2D eigenvalue weighted by atomic mass is 16.1. The molecule has 1 aliphatic carbocycles. The van der Waals surface area contributed by atoms with E-state index in [2.05, 4.69) is 47.6 Å². The molecule has 1 nitrogen and oxygen atoms in total. The fraction of sp³-hybridized carbons (Fsp3) is 0.786. The van der Waals surface area contributed by atoms with Crippen LogP contribution in [0.2, 0.25) is 0 Å². The maximum atomic E-state index is 11.5. The highest BCUT2D eigenvalue weighted by Crippen LogP contribution is 2.45. The molecular weight excluding hydrogens is 184 g/mol. The van der Waals surface area contributed by atoms with Gasteiger partial charge < -0.3 is 0 Å². The zero-order valence-electron chi connectivity index (χ0n) is 10.9. The molecule has 0 aromatic heterocycles.